The monoisotopic (exact) mass is 433 g/mol. The molecule has 0 radical (unpaired) electrons. The summed E-state index contributed by atoms with van der Waals surface area (Å²) in [4.78, 5) is 40.5. The van der Waals surface area contributed by atoms with Gasteiger partial charge in [-0.3, -0.25) is 9.59 Å². The van der Waals surface area contributed by atoms with E-state index in [4.69, 9.17) is 8.83 Å². The number of aliphatic carboxylic acids is 1. The molecular formula is C23H19N3O6. The smallest absolute Gasteiger partial charge is 0.326 e. The van der Waals surface area contributed by atoms with Crippen LogP contribution >= 0.6 is 0 Å². The lowest BCUT2D eigenvalue weighted by atomic mass is 10.1. The third kappa shape index (κ3) is 4.36. The molecule has 9 nitrogen and oxygen atoms in total. The van der Waals surface area contributed by atoms with Gasteiger partial charge in [0.15, 0.2) is 5.76 Å². The summed E-state index contributed by atoms with van der Waals surface area (Å²) in [5.41, 5.74) is 1.29. The maximum absolute atomic E-state index is 12.7. The van der Waals surface area contributed by atoms with E-state index in [0.717, 1.165) is 5.56 Å². The Hall–Kier alpha value is -4.40. The average Bonchev–Trinajstić information content (AvgIpc) is 3.31. The molecule has 1 amide bonds. The number of carbonyl (C=O) groups excluding carboxylic acids is 1. The Morgan fingerprint density at radius 3 is 2.56 bits per heavy atom. The first-order valence-corrected chi connectivity index (χ1v) is 9.75. The number of anilines is 2. The molecule has 4 rings (SSSR count). The number of carboxylic acids is 1. The first-order valence-electron chi connectivity index (χ1n) is 9.75. The minimum absolute atomic E-state index is 0.132. The fourth-order valence-corrected chi connectivity index (χ4v) is 3.30. The summed E-state index contributed by atoms with van der Waals surface area (Å²) in [5.74, 6) is -1.43. The molecule has 0 aliphatic rings. The number of nitrogens with one attached hydrogen (secondary N) is 2. The van der Waals surface area contributed by atoms with Gasteiger partial charge in [-0.15, -0.1) is 0 Å². The molecule has 0 unspecified atom stereocenters. The minimum Gasteiger partial charge on any atom is -0.480 e. The Morgan fingerprint density at radius 1 is 1.09 bits per heavy atom. The van der Waals surface area contributed by atoms with Crippen molar-refractivity contribution in [1.82, 2.24) is 4.98 Å². The number of aromatic nitrogens is 1. The van der Waals surface area contributed by atoms with Crippen molar-refractivity contribution in [2.45, 2.75) is 19.4 Å². The van der Waals surface area contributed by atoms with Crippen LogP contribution in [0, 0.1) is 6.92 Å². The molecule has 2 heterocycles. The number of rotatable bonds is 7. The Bertz CT molecular complexity index is 1330. The van der Waals surface area contributed by atoms with E-state index in [-0.39, 0.29) is 29.2 Å². The van der Waals surface area contributed by atoms with E-state index >= 15 is 0 Å². The van der Waals surface area contributed by atoms with E-state index in [1.54, 1.807) is 19.1 Å². The van der Waals surface area contributed by atoms with Crippen LogP contribution in [0.25, 0.3) is 11.0 Å². The summed E-state index contributed by atoms with van der Waals surface area (Å²) in [6, 6.07) is 14.1. The van der Waals surface area contributed by atoms with Crippen LogP contribution in [0.4, 0.5) is 11.7 Å². The molecule has 2 aromatic heterocycles. The lowest BCUT2D eigenvalue weighted by molar-refractivity contribution is -0.137. The summed E-state index contributed by atoms with van der Waals surface area (Å²) in [7, 11) is 0. The van der Waals surface area contributed by atoms with Crippen LogP contribution in [-0.4, -0.2) is 28.0 Å². The second-order valence-electron chi connectivity index (χ2n) is 7.09. The fraction of sp³-hybridized carbons (Fsp3) is 0.130. The van der Waals surface area contributed by atoms with Gasteiger partial charge in [-0.1, -0.05) is 30.3 Å². The highest BCUT2D eigenvalue weighted by Crippen LogP contribution is 2.25. The molecule has 162 valence electrons. The van der Waals surface area contributed by atoms with E-state index in [2.05, 4.69) is 15.6 Å². The fourth-order valence-electron chi connectivity index (χ4n) is 3.30. The number of fused-ring (bicyclic) bond motifs is 1. The zero-order valence-electron chi connectivity index (χ0n) is 17.0. The van der Waals surface area contributed by atoms with Crippen molar-refractivity contribution in [3.8, 4) is 0 Å². The Balaban J connectivity index is 1.61. The molecule has 3 N–H and O–H groups in total. The lowest BCUT2D eigenvalue weighted by Gasteiger charge is -2.15. The molecule has 4 aromatic rings. The molecule has 0 aliphatic carbocycles. The normalized spacial score (nSPS) is 11.8. The van der Waals surface area contributed by atoms with Crippen molar-refractivity contribution in [3.05, 3.63) is 88.1 Å². The standard InChI is InChI=1S/C23H19N3O6/c1-13-15(24-20(27)18-8-5-11-31-18)9-10-17-19(13)21(28)26-23(32-17)25-16(22(29)30)12-14-6-3-2-4-7-14/h2-11,16H,12H2,1H3,(H,24,27)(H,29,30)(H,25,26,28)/t16-/m0/s1. The number of hydrogen-bond acceptors (Lipinski definition) is 7. The maximum atomic E-state index is 12.7. The summed E-state index contributed by atoms with van der Waals surface area (Å²) < 4.78 is 10.7. The Kier molecular flexibility index (Phi) is 5.71. The predicted molar refractivity (Wildman–Crippen MR) is 117 cm³/mol. The summed E-state index contributed by atoms with van der Waals surface area (Å²) >= 11 is 0. The van der Waals surface area contributed by atoms with Crippen molar-refractivity contribution in [2.24, 2.45) is 0 Å². The molecule has 0 bridgehead atoms. The molecular weight excluding hydrogens is 414 g/mol. The first-order chi connectivity index (χ1) is 15.4. The van der Waals surface area contributed by atoms with Crippen LogP contribution < -0.4 is 16.2 Å². The van der Waals surface area contributed by atoms with Crippen molar-refractivity contribution in [1.29, 1.82) is 0 Å². The van der Waals surface area contributed by atoms with Gasteiger partial charge >= 0.3 is 5.97 Å². The SMILES string of the molecule is Cc1c(NC(=O)c2ccco2)ccc2oc(N[C@@H](Cc3ccccc3)C(=O)O)nc(=O)c12. The van der Waals surface area contributed by atoms with Gasteiger partial charge in [0.05, 0.1) is 11.6 Å². The van der Waals surface area contributed by atoms with Crippen molar-refractivity contribution >= 4 is 34.5 Å². The number of benzene rings is 2. The predicted octanol–water partition coefficient (Wildman–Crippen LogP) is 3.45. The van der Waals surface area contributed by atoms with Gasteiger partial charge in [-0.2, -0.15) is 4.98 Å². The number of aryl methyl sites for hydroxylation is 1. The van der Waals surface area contributed by atoms with Crippen LogP contribution in [0.5, 0.6) is 0 Å². The van der Waals surface area contributed by atoms with Gasteiger partial charge in [0.1, 0.15) is 11.6 Å². The highest BCUT2D eigenvalue weighted by Gasteiger charge is 2.21. The van der Waals surface area contributed by atoms with Crippen molar-refractivity contribution < 1.29 is 23.5 Å². The highest BCUT2D eigenvalue weighted by atomic mass is 16.4. The summed E-state index contributed by atoms with van der Waals surface area (Å²) in [5, 5.41) is 15.1. The molecule has 0 fully saturated rings. The van der Waals surface area contributed by atoms with Gasteiger partial charge in [0.25, 0.3) is 17.5 Å². The van der Waals surface area contributed by atoms with Crippen molar-refractivity contribution in [3.63, 3.8) is 0 Å². The molecule has 2 aromatic carbocycles. The molecule has 0 saturated heterocycles. The second-order valence-corrected chi connectivity index (χ2v) is 7.09. The van der Waals surface area contributed by atoms with E-state index in [1.165, 1.54) is 18.4 Å². The number of carbonyl (C=O) groups is 2. The quantitative estimate of drug-likeness (QED) is 0.403. The highest BCUT2D eigenvalue weighted by molar-refractivity contribution is 6.04. The van der Waals surface area contributed by atoms with Crippen LogP contribution in [0.1, 0.15) is 21.7 Å². The molecule has 1 atom stereocenters. The topological polar surface area (TPSA) is 135 Å². The zero-order chi connectivity index (χ0) is 22.7. The van der Waals surface area contributed by atoms with Crippen LogP contribution in [0.2, 0.25) is 0 Å². The van der Waals surface area contributed by atoms with E-state index < -0.39 is 23.5 Å². The van der Waals surface area contributed by atoms with E-state index in [1.807, 2.05) is 30.3 Å². The van der Waals surface area contributed by atoms with E-state index in [0.29, 0.717) is 11.3 Å². The van der Waals surface area contributed by atoms with Gasteiger partial charge in [-0.25, -0.2) is 4.79 Å². The first kappa shape index (κ1) is 20.9. The molecule has 0 aliphatic heterocycles. The summed E-state index contributed by atoms with van der Waals surface area (Å²) in [6.45, 7) is 1.65. The lowest BCUT2D eigenvalue weighted by Crippen LogP contribution is -2.32. The number of hydrogen-bond donors (Lipinski definition) is 3. The second kappa shape index (κ2) is 8.76. The number of amides is 1. The van der Waals surface area contributed by atoms with Crippen molar-refractivity contribution in [2.75, 3.05) is 10.6 Å². The largest absolute Gasteiger partial charge is 0.480 e. The molecule has 0 saturated carbocycles. The molecule has 32 heavy (non-hydrogen) atoms. The summed E-state index contributed by atoms with van der Waals surface area (Å²) in [6.07, 6.45) is 1.56. The van der Waals surface area contributed by atoms with Gasteiger partial charge in [0, 0.05) is 12.1 Å². The van der Waals surface area contributed by atoms with Gasteiger partial charge < -0.3 is 24.6 Å². The number of nitrogens with zero attached hydrogens (tertiary/aromatic N) is 1. The van der Waals surface area contributed by atoms with Crippen LogP contribution in [0.15, 0.2) is 74.5 Å². The third-order valence-corrected chi connectivity index (χ3v) is 4.92. The zero-order valence-corrected chi connectivity index (χ0v) is 17.0. The third-order valence-electron chi connectivity index (χ3n) is 4.92. The number of carboxylic acid groups (broad SMARTS) is 1. The van der Waals surface area contributed by atoms with Gasteiger partial charge in [-0.05, 0) is 42.3 Å². The van der Waals surface area contributed by atoms with Gasteiger partial charge in [0.2, 0.25) is 0 Å². The number of furan rings is 1. The minimum atomic E-state index is -1.11. The van der Waals surface area contributed by atoms with Crippen LogP contribution in [0.3, 0.4) is 0 Å². The Morgan fingerprint density at radius 2 is 1.88 bits per heavy atom. The molecule has 0 spiro atoms. The van der Waals surface area contributed by atoms with Crippen LogP contribution in [-0.2, 0) is 11.2 Å². The molecule has 9 heteroatoms. The van der Waals surface area contributed by atoms with E-state index in [9.17, 15) is 19.5 Å². The average molecular weight is 433 g/mol. The maximum Gasteiger partial charge on any atom is 0.326 e. The Labute approximate surface area is 181 Å².